The molecule has 1 fully saturated rings. The third-order valence-electron chi connectivity index (χ3n) is 3.59. The Bertz CT molecular complexity index is 369. The number of rotatable bonds is 7. The van der Waals surface area contributed by atoms with Gasteiger partial charge in [0.25, 0.3) is 0 Å². The van der Waals surface area contributed by atoms with Gasteiger partial charge in [-0.15, -0.1) is 11.3 Å². The summed E-state index contributed by atoms with van der Waals surface area (Å²) in [4.78, 5) is 15.7. The quantitative estimate of drug-likeness (QED) is 0.824. The Balaban J connectivity index is 1.94. The van der Waals surface area contributed by atoms with Gasteiger partial charge in [-0.25, -0.2) is 0 Å². The van der Waals surface area contributed by atoms with Crippen LogP contribution in [0.5, 0.6) is 0 Å². The summed E-state index contributed by atoms with van der Waals surface area (Å²) in [5.41, 5.74) is 5.69. The second kappa shape index (κ2) is 6.34. The Morgan fingerprint density at radius 1 is 1.61 bits per heavy atom. The lowest BCUT2D eigenvalue weighted by Crippen LogP contribution is -2.34. The maximum atomic E-state index is 12.4. The van der Waals surface area contributed by atoms with E-state index in [4.69, 9.17) is 5.73 Å². The molecule has 2 rings (SSSR count). The molecule has 18 heavy (non-hydrogen) atoms. The van der Waals surface area contributed by atoms with Gasteiger partial charge in [0.15, 0.2) is 0 Å². The summed E-state index contributed by atoms with van der Waals surface area (Å²) >= 11 is 1.73. The number of hydrogen-bond donors (Lipinski definition) is 1. The van der Waals surface area contributed by atoms with Gasteiger partial charge < -0.3 is 10.6 Å². The van der Waals surface area contributed by atoms with Crippen LogP contribution in [0.15, 0.2) is 17.5 Å². The molecule has 1 saturated carbocycles. The van der Waals surface area contributed by atoms with Crippen molar-refractivity contribution in [2.24, 2.45) is 11.7 Å². The lowest BCUT2D eigenvalue weighted by Gasteiger charge is -2.24. The van der Waals surface area contributed by atoms with Gasteiger partial charge in [-0.1, -0.05) is 19.4 Å². The van der Waals surface area contributed by atoms with Crippen LogP contribution in [0.3, 0.4) is 0 Å². The smallest absolute Gasteiger partial charge is 0.223 e. The summed E-state index contributed by atoms with van der Waals surface area (Å²) in [6, 6.07) is 4.63. The number of carbonyl (C=O) groups is 1. The molecule has 1 aliphatic rings. The van der Waals surface area contributed by atoms with E-state index in [-0.39, 0.29) is 5.91 Å². The minimum atomic E-state index is 0.281. The van der Waals surface area contributed by atoms with Gasteiger partial charge in [0.1, 0.15) is 0 Å². The average molecular weight is 266 g/mol. The molecule has 2 N–H and O–H groups in total. The summed E-state index contributed by atoms with van der Waals surface area (Å²) in [5.74, 6) is 0.616. The highest BCUT2D eigenvalue weighted by Crippen LogP contribution is 2.30. The van der Waals surface area contributed by atoms with Crippen molar-refractivity contribution in [3.05, 3.63) is 22.4 Å². The second-order valence-electron chi connectivity index (χ2n) is 5.05. The van der Waals surface area contributed by atoms with Crippen LogP contribution >= 0.6 is 11.3 Å². The molecule has 0 aliphatic heterocycles. The zero-order valence-corrected chi connectivity index (χ0v) is 11.8. The molecule has 4 heteroatoms. The lowest BCUT2D eigenvalue weighted by atomic mass is 10.0. The predicted octanol–water partition coefficient (Wildman–Crippen LogP) is 2.61. The number of nitrogens with zero attached hydrogens (tertiary/aromatic N) is 1. The van der Waals surface area contributed by atoms with Crippen LogP contribution in [0.2, 0.25) is 0 Å². The van der Waals surface area contributed by atoms with E-state index >= 15 is 0 Å². The van der Waals surface area contributed by atoms with Crippen LogP contribution < -0.4 is 5.73 Å². The van der Waals surface area contributed by atoms with Crippen molar-refractivity contribution in [3.8, 4) is 0 Å². The average Bonchev–Trinajstić information content (AvgIpc) is 3.09. The van der Waals surface area contributed by atoms with E-state index in [0.717, 1.165) is 25.8 Å². The molecule has 0 spiro atoms. The highest BCUT2D eigenvalue weighted by Gasteiger charge is 2.33. The van der Waals surface area contributed by atoms with E-state index in [9.17, 15) is 4.79 Å². The number of nitrogens with two attached hydrogens (primary N) is 1. The van der Waals surface area contributed by atoms with Crippen molar-refractivity contribution in [3.63, 3.8) is 0 Å². The minimum absolute atomic E-state index is 0.281. The van der Waals surface area contributed by atoms with E-state index in [0.29, 0.717) is 24.9 Å². The molecular weight excluding hydrogens is 244 g/mol. The lowest BCUT2D eigenvalue weighted by molar-refractivity contribution is -0.133. The zero-order chi connectivity index (χ0) is 13.0. The second-order valence-corrected chi connectivity index (χ2v) is 6.08. The fraction of sp³-hybridized carbons (Fsp3) is 0.643. The topological polar surface area (TPSA) is 46.3 Å². The van der Waals surface area contributed by atoms with Gasteiger partial charge in [-0.3, -0.25) is 4.79 Å². The fourth-order valence-corrected chi connectivity index (χ4v) is 2.84. The highest BCUT2D eigenvalue weighted by molar-refractivity contribution is 7.09. The molecule has 3 nitrogen and oxygen atoms in total. The van der Waals surface area contributed by atoms with Crippen LogP contribution in [0.1, 0.15) is 37.5 Å². The monoisotopic (exact) mass is 266 g/mol. The summed E-state index contributed by atoms with van der Waals surface area (Å²) in [5, 5.41) is 2.07. The van der Waals surface area contributed by atoms with Crippen LogP contribution in [0, 0.1) is 5.92 Å². The van der Waals surface area contributed by atoms with Crippen LogP contribution in [0.4, 0.5) is 0 Å². The van der Waals surface area contributed by atoms with E-state index in [1.54, 1.807) is 11.3 Å². The van der Waals surface area contributed by atoms with Crippen LogP contribution in [-0.4, -0.2) is 23.4 Å². The zero-order valence-electron chi connectivity index (χ0n) is 11.0. The molecule has 0 saturated heterocycles. The summed E-state index contributed by atoms with van der Waals surface area (Å²) in [6.45, 7) is 3.49. The normalized spacial score (nSPS) is 16.6. The molecule has 100 valence electrons. The van der Waals surface area contributed by atoms with Crippen molar-refractivity contribution >= 4 is 17.2 Å². The largest absolute Gasteiger partial charge is 0.335 e. The standard InChI is InChI=1S/C14H22N2OS/c1-2-11(9-15)8-14(17)16(12-5-6-12)10-13-4-3-7-18-13/h3-4,7,11-12H,2,5-6,8-10,15H2,1H3. The molecule has 0 radical (unpaired) electrons. The Morgan fingerprint density at radius 3 is 2.89 bits per heavy atom. The highest BCUT2D eigenvalue weighted by atomic mass is 32.1. The van der Waals surface area contributed by atoms with Gasteiger partial charge in [-0.05, 0) is 36.8 Å². The van der Waals surface area contributed by atoms with E-state index < -0.39 is 0 Å². The fourth-order valence-electron chi connectivity index (χ4n) is 2.14. The molecule has 0 aromatic carbocycles. The molecule has 1 amide bonds. The summed E-state index contributed by atoms with van der Waals surface area (Å²) in [6.07, 6.45) is 3.92. The SMILES string of the molecule is CCC(CN)CC(=O)N(Cc1cccs1)C1CC1. The van der Waals surface area contributed by atoms with Crippen molar-refractivity contribution in [2.75, 3.05) is 6.54 Å². The van der Waals surface area contributed by atoms with Crippen molar-refractivity contribution in [1.29, 1.82) is 0 Å². The summed E-state index contributed by atoms with van der Waals surface area (Å²) < 4.78 is 0. The van der Waals surface area contributed by atoms with E-state index in [1.807, 2.05) is 6.07 Å². The van der Waals surface area contributed by atoms with Crippen molar-refractivity contribution < 1.29 is 4.79 Å². The Labute approximate surface area is 113 Å². The first-order chi connectivity index (χ1) is 8.74. The van der Waals surface area contributed by atoms with Gasteiger partial charge in [-0.2, -0.15) is 0 Å². The number of carbonyl (C=O) groups excluding carboxylic acids is 1. The number of hydrogen-bond acceptors (Lipinski definition) is 3. The number of thiophene rings is 1. The maximum Gasteiger partial charge on any atom is 0.223 e. The number of amides is 1. The maximum absolute atomic E-state index is 12.4. The van der Waals surface area contributed by atoms with Crippen LogP contribution in [-0.2, 0) is 11.3 Å². The first kappa shape index (κ1) is 13.6. The molecule has 1 atom stereocenters. The Kier molecular flexibility index (Phi) is 4.78. The minimum Gasteiger partial charge on any atom is -0.335 e. The van der Waals surface area contributed by atoms with Gasteiger partial charge >= 0.3 is 0 Å². The Morgan fingerprint density at radius 2 is 2.39 bits per heavy atom. The predicted molar refractivity (Wildman–Crippen MR) is 75.3 cm³/mol. The summed E-state index contributed by atoms with van der Waals surface area (Å²) in [7, 11) is 0. The van der Waals surface area contributed by atoms with Gasteiger partial charge in [0, 0.05) is 17.3 Å². The molecule has 0 bridgehead atoms. The van der Waals surface area contributed by atoms with Crippen molar-refractivity contribution in [2.45, 2.75) is 45.2 Å². The molecule has 1 unspecified atom stereocenters. The van der Waals surface area contributed by atoms with Gasteiger partial charge in [0.2, 0.25) is 5.91 Å². The van der Waals surface area contributed by atoms with Crippen molar-refractivity contribution in [1.82, 2.24) is 4.90 Å². The molecule has 1 heterocycles. The molecule has 1 aromatic heterocycles. The third-order valence-corrected chi connectivity index (χ3v) is 4.45. The Hall–Kier alpha value is -0.870. The first-order valence-electron chi connectivity index (χ1n) is 6.76. The first-order valence-corrected chi connectivity index (χ1v) is 7.64. The molecule has 1 aromatic rings. The van der Waals surface area contributed by atoms with E-state index in [2.05, 4.69) is 23.3 Å². The third kappa shape index (κ3) is 3.56. The van der Waals surface area contributed by atoms with Crippen LogP contribution in [0.25, 0.3) is 0 Å². The molecule has 1 aliphatic carbocycles. The molecular formula is C14H22N2OS. The van der Waals surface area contributed by atoms with E-state index in [1.165, 1.54) is 4.88 Å². The van der Waals surface area contributed by atoms with Gasteiger partial charge in [0.05, 0.1) is 6.54 Å².